The quantitative estimate of drug-likeness (QED) is 0.461. The molecule has 0 saturated carbocycles. The zero-order chi connectivity index (χ0) is 3.54. The molecule has 0 aromatic carbocycles. The topological polar surface area (TPSA) is 42.5 Å². The number of hydrogen-bond acceptors (Lipinski definition) is 2. The molecule has 1 fully saturated rings. The van der Waals surface area contributed by atoms with Gasteiger partial charge >= 0.3 is 0 Å². The van der Waals surface area contributed by atoms with Crippen LogP contribution >= 0.6 is 11.8 Å². The first kappa shape index (κ1) is 6.27. The third-order valence-corrected chi connectivity index (χ3v) is 1.53. The average Bonchev–Trinajstić information content (AvgIpc) is 1.76. The Bertz CT molecular complexity index is 20.4. The molecule has 1 heterocycles. The molecule has 3 radical (unpaired) electrons. The third-order valence-electron chi connectivity index (χ3n) is 0.627. The first-order valence-corrected chi connectivity index (χ1v) is 2.94. The Morgan fingerprint density at radius 3 is 2.50 bits per heavy atom. The highest BCUT2D eigenvalue weighted by Gasteiger charge is 1.93. The molecule has 0 spiro atoms. The van der Waals surface area contributed by atoms with Crippen molar-refractivity contribution in [2.24, 2.45) is 0 Å². The molecule has 0 bridgehead atoms. The molecule has 1 rings (SSSR count). The van der Waals surface area contributed by atoms with Crippen molar-refractivity contribution >= 4 is 11.8 Å². The lowest BCUT2D eigenvalue weighted by Gasteiger charge is -1.74. The smallest absolute Gasteiger partial charge is 0.0418 e. The fourth-order valence-electron chi connectivity index (χ4n) is 0.361. The van der Waals surface area contributed by atoms with Gasteiger partial charge in [0.05, 0.1) is 0 Å². The van der Waals surface area contributed by atoms with E-state index in [9.17, 15) is 0 Å². The van der Waals surface area contributed by atoms with Crippen molar-refractivity contribution < 1.29 is 0 Å². The van der Waals surface area contributed by atoms with Gasteiger partial charge in [0.15, 0.2) is 0 Å². The minimum absolute atomic E-state index is 0. The third kappa shape index (κ3) is 1.64. The average molecular weight is 103 g/mol. The molecule has 6 heavy (non-hydrogen) atoms. The van der Waals surface area contributed by atoms with Gasteiger partial charge < -0.3 is 5.32 Å². The maximum atomic E-state index is 3.19. The van der Waals surface area contributed by atoms with Crippen molar-refractivity contribution in [1.29, 1.82) is 0 Å². The summed E-state index contributed by atoms with van der Waals surface area (Å²) in [6.07, 6.45) is 0. The molecular weight excluding hydrogens is 96.1 g/mol. The fraction of sp³-hybridized carbons (Fsp3) is 1.00. The van der Waals surface area contributed by atoms with Gasteiger partial charge in [-0.15, -0.1) is 11.8 Å². The van der Waals surface area contributed by atoms with Crippen LogP contribution in [0.25, 0.3) is 0 Å². The summed E-state index contributed by atoms with van der Waals surface area (Å²) in [6, 6.07) is 0. The van der Waals surface area contributed by atoms with Crippen molar-refractivity contribution in [3.05, 3.63) is 0 Å². The summed E-state index contributed by atoms with van der Waals surface area (Å²) in [7, 11) is 0. The van der Waals surface area contributed by atoms with Crippen LogP contribution in [0.15, 0.2) is 0 Å². The SMILES string of the molecule is C1CSCN1.[N]. The van der Waals surface area contributed by atoms with Crippen LogP contribution in [-0.4, -0.2) is 18.2 Å². The molecular formula is C3H7N2S. The Morgan fingerprint density at radius 2 is 2.33 bits per heavy atom. The van der Waals surface area contributed by atoms with Crippen LogP contribution in [-0.2, 0) is 0 Å². The normalized spacial score (nSPS) is 20.0. The molecule has 0 aromatic heterocycles. The molecule has 1 saturated heterocycles. The molecule has 0 aromatic rings. The highest BCUT2D eigenvalue weighted by molar-refractivity contribution is 7.99. The van der Waals surface area contributed by atoms with Crippen molar-refractivity contribution in [2.75, 3.05) is 18.2 Å². The second-order valence-electron chi connectivity index (χ2n) is 1.05. The Morgan fingerprint density at radius 1 is 1.50 bits per heavy atom. The van der Waals surface area contributed by atoms with Crippen molar-refractivity contribution in [3.8, 4) is 0 Å². The molecule has 0 unspecified atom stereocenters. The maximum Gasteiger partial charge on any atom is 0.0418 e. The summed E-state index contributed by atoms with van der Waals surface area (Å²) in [4.78, 5) is 0. The van der Waals surface area contributed by atoms with Crippen LogP contribution in [0.2, 0.25) is 0 Å². The number of thioether (sulfide) groups is 1. The van der Waals surface area contributed by atoms with E-state index in [4.69, 9.17) is 0 Å². The predicted molar refractivity (Wildman–Crippen MR) is 27.5 cm³/mol. The second kappa shape index (κ2) is 3.46. The first-order valence-electron chi connectivity index (χ1n) is 1.78. The molecule has 0 aliphatic carbocycles. The maximum absolute atomic E-state index is 3.19. The predicted octanol–water partition coefficient (Wildman–Crippen LogP) is -0.200. The Hall–Kier alpha value is 0.270. The highest BCUT2D eigenvalue weighted by atomic mass is 32.2. The largest absolute Gasteiger partial charge is 0.307 e. The van der Waals surface area contributed by atoms with E-state index in [1.165, 1.54) is 18.2 Å². The summed E-state index contributed by atoms with van der Waals surface area (Å²) < 4.78 is 0. The number of nitrogens with zero attached hydrogens (tertiary/aromatic N) is 1. The number of hydrogen-bond donors (Lipinski definition) is 1. The molecule has 0 atom stereocenters. The Kier molecular flexibility index (Phi) is 3.62. The second-order valence-corrected chi connectivity index (χ2v) is 2.16. The lowest BCUT2D eigenvalue weighted by Crippen LogP contribution is -2.04. The monoisotopic (exact) mass is 103 g/mol. The van der Waals surface area contributed by atoms with E-state index in [0.29, 0.717) is 0 Å². The van der Waals surface area contributed by atoms with E-state index in [1.807, 2.05) is 11.8 Å². The highest BCUT2D eigenvalue weighted by Crippen LogP contribution is 1.99. The minimum atomic E-state index is 0. The zero-order valence-corrected chi connectivity index (χ0v) is 4.29. The van der Waals surface area contributed by atoms with Gasteiger partial charge in [-0.2, -0.15) is 0 Å². The Balaban J connectivity index is 0.000000250. The molecule has 0 amide bonds. The molecule has 1 aliphatic heterocycles. The van der Waals surface area contributed by atoms with E-state index < -0.39 is 0 Å². The summed E-state index contributed by atoms with van der Waals surface area (Å²) >= 11 is 1.96. The fourth-order valence-corrected chi connectivity index (χ4v) is 1.08. The number of rotatable bonds is 0. The summed E-state index contributed by atoms with van der Waals surface area (Å²) in [6.45, 7) is 1.21. The minimum Gasteiger partial charge on any atom is -0.307 e. The van der Waals surface area contributed by atoms with Crippen LogP contribution in [0.1, 0.15) is 0 Å². The van der Waals surface area contributed by atoms with E-state index in [0.717, 1.165) is 0 Å². The van der Waals surface area contributed by atoms with Gasteiger partial charge in [0, 0.05) is 24.3 Å². The molecule has 3 heteroatoms. The lowest BCUT2D eigenvalue weighted by atomic mass is 10.8. The van der Waals surface area contributed by atoms with Crippen LogP contribution in [0.5, 0.6) is 0 Å². The van der Waals surface area contributed by atoms with E-state index in [2.05, 4.69) is 5.32 Å². The molecule has 35 valence electrons. The molecule has 1 N–H and O–H groups in total. The van der Waals surface area contributed by atoms with Gasteiger partial charge in [0.25, 0.3) is 0 Å². The van der Waals surface area contributed by atoms with Crippen molar-refractivity contribution in [2.45, 2.75) is 0 Å². The van der Waals surface area contributed by atoms with Crippen molar-refractivity contribution in [3.63, 3.8) is 0 Å². The zero-order valence-electron chi connectivity index (χ0n) is 3.48. The Labute approximate surface area is 42.3 Å². The van der Waals surface area contributed by atoms with E-state index in [-0.39, 0.29) is 6.15 Å². The molecule has 2 nitrogen and oxygen atoms in total. The first-order chi connectivity index (χ1) is 2.50. The van der Waals surface area contributed by atoms with Gasteiger partial charge in [-0.3, -0.25) is 0 Å². The van der Waals surface area contributed by atoms with E-state index in [1.54, 1.807) is 0 Å². The van der Waals surface area contributed by atoms with Crippen LogP contribution in [0.4, 0.5) is 0 Å². The van der Waals surface area contributed by atoms with Gasteiger partial charge in [-0.05, 0) is 0 Å². The number of nitrogens with one attached hydrogen (secondary N) is 1. The van der Waals surface area contributed by atoms with Gasteiger partial charge in [-0.1, -0.05) is 0 Å². The molecule has 1 aliphatic rings. The summed E-state index contributed by atoms with van der Waals surface area (Å²) in [5.41, 5.74) is 0. The van der Waals surface area contributed by atoms with Crippen LogP contribution in [0.3, 0.4) is 0 Å². The van der Waals surface area contributed by atoms with Gasteiger partial charge in [0.1, 0.15) is 0 Å². The van der Waals surface area contributed by atoms with Crippen LogP contribution < -0.4 is 11.5 Å². The summed E-state index contributed by atoms with van der Waals surface area (Å²) in [5, 5.41) is 3.19. The van der Waals surface area contributed by atoms with Crippen molar-refractivity contribution in [1.82, 2.24) is 11.5 Å². The van der Waals surface area contributed by atoms with Gasteiger partial charge in [0.2, 0.25) is 0 Å². The van der Waals surface area contributed by atoms with Crippen LogP contribution in [0, 0.1) is 0 Å². The lowest BCUT2D eigenvalue weighted by molar-refractivity contribution is 0.885. The van der Waals surface area contributed by atoms with Gasteiger partial charge in [-0.25, -0.2) is 0 Å². The standard InChI is InChI=1S/C3H7NS.N/c1-2-5-3-4-1;/h4H,1-3H2;. The van der Waals surface area contributed by atoms with E-state index >= 15 is 0 Å². The summed E-state index contributed by atoms with van der Waals surface area (Å²) in [5.74, 6) is 2.47.